The second-order valence-corrected chi connectivity index (χ2v) is 7.10. The molecule has 2 rings (SSSR count). The van der Waals surface area contributed by atoms with E-state index >= 15 is 0 Å². The SMILES string of the molecule is C#CCOc1ccc(CCNC(=NCCc2ncc(CC)s2)NCC)cc1. The van der Waals surface area contributed by atoms with Crippen LogP contribution in [0.1, 0.15) is 29.3 Å². The van der Waals surface area contributed by atoms with Gasteiger partial charge >= 0.3 is 0 Å². The Labute approximate surface area is 166 Å². The van der Waals surface area contributed by atoms with E-state index in [2.05, 4.69) is 52.5 Å². The number of hydrogen-bond donors (Lipinski definition) is 2. The van der Waals surface area contributed by atoms with Gasteiger partial charge in [-0.3, -0.25) is 4.99 Å². The number of nitrogens with zero attached hydrogens (tertiary/aromatic N) is 2. The van der Waals surface area contributed by atoms with Crippen molar-refractivity contribution in [2.75, 3.05) is 26.2 Å². The lowest BCUT2D eigenvalue weighted by atomic mass is 10.1. The summed E-state index contributed by atoms with van der Waals surface area (Å²) < 4.78 is 5.39. The third kappa shape index (κ3) is 7.71. The van der Waals surface area contributed by atoms with Gasteiger partial charge in [0.1, 0.15) is 12.4 Å². The summed E-state index contributed by atoms with van der Waals surface area (Å²) in [6.07, 6.45) is 9.99. The number of guanidine groups is 1. The lowest BCUT2D eigenvalue weighted by molar-refractivity contribution is 0.370. The van der Waals surface area contributed by atoms with Crippen LogP contribution in [0.5, 0.6) is 5.75 Å². The first-order valence-electron chi connectivity index (χ1n) is 9.36. The van der Waals surface area contributed by atoms with Gasteiger partial charge in [-0.05, 0) is 37.5 Å². The predicted molar refractivity (Wildman–Crippen MR) is 114 cm³/mol. The number of aliphatic imine (C=N–C) groups is 1. The molecule has 0 aliphatic heterocycles. The maximum Gasteiger partial charge on any atom is 0.191 e. The first-order valence-corrected chi connectivity index (χ1v) is 10.2. The Morgan fingerprint density at radius 3 is 2.70 bits per heavy atom. The molecule has 1 aromatic carbocycles. The minimum absolute atomic E-state index is 0.296. The minimum Gasteiger partial charge on any atom is -0.481 e. The number of aryl methyl sites for hydroxylation is 1. The van der Waals surface area contributed by atoms with E-state index < -0.39 is 0 Å². The van der Waals surface area contributed by atoms with Gasteiger partial charge in [0.15, 0.2) is 5.96 Å². The number of hydrogen-bond acceptors (Lipinski definition) is 4. The van der Waals surface area contributed by atoms with E-state index in [1.54, 1.807) is 11.3 Å². The fourth-order valence-corrected chi connectivity index (χ4v) is 3.29. The van der Waals surface area contributed by atoms with Crippen LogP contribution in [-0.4, -0.2) is 37.2 Å². The van der Waals surface area contributed by atoms with Crippen LogP contribution >= 0.6 is 11.3 Å². The van der Waals surface area contributed by atoms with Crippen molar-refractivity contribution in [1.29, 1.82) is 0 Å². The molecule has 0 bridgehead atoms. The maximum atomic E-state index is 5.39. The Balaban J connectivity index is 1.76. The third-order valence-electron chi connectivity index (χ3n) is 3.84. The Bertz CT molecular complexity index is 746. The first kappa shape index (κ1) is 20.8. The summed E-state index contributed by atoms with van der Waals surface area (Å²) in [7, 11) is 0. The van der Waals surface area contributed by atoms with Gasteiger partial charge < -0.3 is 15.4 Å². The lowest BCUT2D eigenvalue weighted by Gasteiger charge is -2.11. The van der Waals surface area contributed by atoms with E-state index in [0.29, 0.717) is 6.61 Å². The number of ether oxygens (including phenoxy) is 1. The fourth-order valence-electron chi connectivity index (χ4n) is 2.43. The van der Waals surface area contributed by atoms with Crippen molar-refractivity contribution < 1.29 is 4.74 Å². The second kappa shape index (κ2) is 12.0. The molecule has 0 spiro atoms. The molecule has 5 nitrogen and oxygen atoms in total. The third-order valence-corrected chi connectivity index (χ3v) is 5.04. The van der Waals surface area contributed by atoms with Gasteiger partial charge in [-0.1, -0.05) is 25.0 Å². The van der Waals surface area contributed by atoms with Crippen LogP contribution in [0, 0.1) is 12.3 Å². The molecule has 0 aliphatic carbocycles. The van der Waals surface area contributed by atoms with E-state index in [9.17, 15) is 0 Å². The van der Waals surface area contributed by atoms with Gasteiger partial charge in [0.05, 0.1) is 5.01 Å². The zero-order valence-electron chi connectivity index (χ0n) is 16.1. The largest absolute Gasteiger partial charge is 0.481 e. The molecule has 0 saturated carbocycles. The molecule has 6 heteroatoms. The zero-order chi connectivity index (χ0) is 19.3. The normalized spacial score (nSPS) is 11.1. The number of terminal acetylenes is 1. The molecule has 0 radical (unpaired) electrons. The molecule has 27 heavy (non-hydrogen) atoms. The highest BCUT2D eigenvalue weighted by Crippen LogP contribution is 2.14. The molecule has 0 saturated heterocycles. The predicted octanol–water partition coefficient (Wildman–Crippen LogP) is 3.06. The second-order valence-electron chi connectivity index (χ2n) is 5.90. The Kier molecular flexibility index (Phi) is 9.22. The van der Waals surface area contributed by atoms with Crippen molar-refractivity contribution in [3.8, 4) is 18.1 Å². The molecule has 1 heterocycles. The molecule has 0 fully saturated rings. The van der Waals surface area contributed by atoms with Gasteiger partial charge in [0.25, 0.3) is 0 Å². The van der Waals surface area contributed by atoms with E-state index in [-0.39, 0.29) is 0 Å². The maximum absolute atomic E-state index is 5.39. The quantitative estimate of drug-likeness (QED) is 0.376. The smallest absolute Gasteiger partial charge is 0.191 e. The summed E-state index contributed by atoms with van der Waals surface area (Å²) in [4.78, 5) is 10.4. The highest BCUT2D eigenvalue weighted by molar-refractivity contribution is 7.11. The topological polar surface area (TPSA) is 58.5 Å². The monoisotopic (exact) mass is 384 g/mol. The summed E-state index contributed by atoms with van der Waals surface area (Å²) in [5.41, 5.74) is 1.24. The molecular weight excluding hydrogens is 356 g/mol. The van der Waals surface area contributed by atoms with E-state index in [0.717, 1.165) is 55.6 Å². The Morgan fingerprint density at radius 2 is 2.04 bits per heavy atom. The van der Waals surface area contributed by atoms with Crippen LogP contribution in [0.2, 0.25) is 0 Å². The van der Waals surface area contributed by atoms with Crippen LogP contribution in [0.15, 0.2) is 35.5 Å². The molecule has 2 aromatic rings. The van der Waals surface area contributed by atoms with Crippen LogP contribution in [-0.2, 0) is 19.3 Å². The summed E-state index contributed by atoms with van der Waals surface area (Å²) in [6, 6.07) is 8.02. The molecule has 0 aliphatic rings. The molecular formula is C21H28N4OS. The van der Waals surface area contributed by atoms with Crippen LogP contribution in [0.4, 0.5) is 0 Å². The zero-order valence-corrected chi connectivity index (χ0v) is 16.9. The van der Waals surface area contributed by atoms with Gasteiger partial charge in [-0.25, -0.2) is 4.98 Å². The minimum atomic E-state index is 0.296. The average Bonchev–Trinajstić information content (AvgIpc) is 3.15. The van der Waals surface area contributed by atoms with Crippen molar-refractivity contribution in [2.24, 2.45) is 4.99 Å². The Morgan fingerprint density at radius 1 is 1.22 bits per heavy atom. The standard InChI is InChI=1S/C21H28N4OS/c1-4-15-26-18-9-7-17(8-10-18)11-13-23-21(22-6-3)24-14-12-20-25-16-19(5-2)27-20/h1,7-10,16H,5-6,11-15H2,2-3H3,(H2,22,23,24). The van der Waals surface area contributed by atoms with Crippen LogP contribution < -0.4 is 15.4 Å². The van der Waals surface area contributed by atoms with Crippen molar-refractivity contribution in [1.82, 2.24) is 15.6 Å². The first-order chi connectivity index (χ1) is 13.2. The summed E-state index contributed by atoms with van der Waals surface area (Å²) in [6.45, 7) is 6.90. The highest BCUT2D eigenvalue weighted by Gasteiger charge is 2.02. The van der Waals surface area contributed by atoms with Crippen molar-refractivity contribution >= 4 is 17.3 Å². The molecule has 0 atom stereocenters. The number of rotatable bonds is 10. The summed E-state index contributed by atoms with van der Waals surface area (Å²) >= 11 is 1.78. The van der Waals surface area contributed by atoms with Gasteiger partial charge in [-0.2, -0.15) is 0 Å². The van der Waals surface area contributed by atoms with E-state index in [1.165, 1.54) is 10.4 Å². The fraction of sp³-hybridized carbons (Fsp3) is 0.429. The summed E-state index contributed by atoms with van der Waals surface area (Å²) in [5.74, 6) is 4.11. The summed E-state index contributed by atoms with van der Waals surface area (Å²) in [5, 5.41) is 7.82. The molecule has 2 N–H and O–H groups in total. The van der Waals surface area contributed by atoms with Gasteiger partial charge in [0.2, 0.25) is 0 Å². The van der Waals surface area contributed by atoms with Crippen molar-refractivity contribution in [3.63, 3.8) is 0 Å². The molecule has 1 aromatic heterocycles. The van der Waals surface area contributed by atoms with Crippen molar-refractivity contribution in [3.05, 3.63) is 45.9 Å². The number of aromatic nitrogens is 1. The Hall–Kier alpha value is -2.52. The van der Waals surface area contributed by atoms with Crippen molar-refractivity contribution in [2.45, 2.75) is 33.1 Å². The van der Waals surface area contributed by atoms with E-state index in [1.807, 2.05) is 18.3 Å². The van der Waals surface area contributed by atoms with Gasteiger partial charge in [-0.15, -0.1) is 17.8 Å². The highest BCUT2D eigenvalue weighted by atomic mass is 32.1. The molecule has 0 unspecified atom stereocenters. The number of benzene rings is 1. The molecule has 144 valence electrons. The average molecular weight is 385 g/mol. The van der Waals surface area contributed by atoms with Crippen LogP contribution in [0.3, 0.4) is 0 Å². The lowest BCUT2D eigenvalue weighted by Crippen LogP contribution is -2.38. The number of nitrogens with one attached hydrogen (secondary N) is 2. The van der Waals surface area contributed by atoms with E-state index in [4.69, 9.17) is 11.2 Å². The van der Waals surface area contributed by atoms with Gasteiger partial charge in [0, 0.05) is 37.1 Å². The number of thiazole rings is 1. The van der Waals surface area contributed by atoms with Crippen LogP contribution in [0.25, 0.3) is 0 Å². The molecule has 0 amide bonds.